The lowest BCUT2D eigenvalue weighted by molar-refractivity contribution is -0.156. The Kier molecular flexibility index (Phi) is 5.20. The number of esters is 1. The Labute approximate surface area is 99.0 Å². The normalized spacial score (nSPS) is 15.2. The number of rotatable bonds is 3. The number of carbonyl (C=O) groups is 1. The van der Waals surface area contributed by atoms with Gasteiger partial charge in [-0.25, -0.2) is 0 Å². The summed E-state index contributed by atoms with van der Waals surface area (Å²) in [7, 11) is 0. The Morgan fingerprint density at radius 2 is 1.75 bits per heavy atom. The molecule has 3 heteroatoms. The molecule has 0 aromatic rings. The van der Waals surface area contributed by atoms with Crippen LogP contribution in [0.5, 0.6) is 0 Å². The minimum atomic E-state index is -0.571. The first-order chi connectivity index (χ1) is 7.01. The van der Waals surface area contributed by atoms with Gasteiger partial charge in [-0.3, -0.25) is 4.79 Å². The van der Waals surface area contributed by atoms with Crippen LogP contribution in [-0.4, -0.2) is 17.6 Å². The molecule has 0 unspecified atom stereocenters. The smallest absolute Gasteiger partial charge is 0.323 e. The highest BCUT2D eigenvalue weighted by Crippen LogP contribution is 2.15. The lowest BCUT2D eigenvalue weighted by atomic mass is 9.95. The number of hydrogen-bond donors (Lipinski definition) is 1. The minimum Gasteiger partial charge on any atom is -0.459 e. The van der Waals surface area contributed by atoms with Gasteiger partial charge in [0.1, 0.15) is 11.6 Å². The summed E-state index contributed by atoms with van der Waals surface area (Å²) >= 11 is 0. The van der Waals surface area contributed by atoms with Gasteiger partial charge in [0.2, 0.25) is 0 Å². The standard InChI is InChI=1S/C13H25NO2/c1-12(2,3)9-7-8-10(14)11(15)16-13(4,5)6/h7,9-10H,8,14H2,1-6H3/b9-7+/t10-/m0/s1. The van der Waals surface area contributed by atoms with E-state index in [1.54, 1.807) is 0 Å². The first-order valence-electron chi connectivity index (χ1n) is 5.67. The third kappa shape index (κ3) is 8.48. The van der Waals surface area contributed by atoms with Crippen molar-refractivity contribution in [1.29, 1.82) is 0 Å². The monoisotopic (exact) mass is 227 g/mol. The molecule has 0 bridgehead atoms. The lowest BCUT2D eigenvalue weighted by Gasteiger charge is -2.21. The van der Waals surface area contributed by atoms with E-state index in [2.05, 4.69) is 26.8 Å². The average Bonchev–Trinajstić information content (AvgIpc) is 1.98. The van der Waals surface area contributed by atoms with Crippen molar-refractivity contribution in [2.45, 2.75) is 59.6 Å². The molecule has 0 fully saturated rings. The average molecular weight is 227 g/mol. The van der Waals surface area contributed by atoms with Crippen molar-refractivity contribution >= 4 is 5.97 Å². The molecule has 2 N–H and O–H groups in total. The van der Waals surface area contributed by atoms with Gasteiger partial charge in [0.25, 0.3) is 0 Å². The minimum absolute atomic E-state index is 0.119. The summed E-state index contributed by atoms with van der Waals surface area (Å²) in [6.45, 7) is 11.8. The Morgan fingerprint density at radius 3 is 2.12 bits per heavy atom. The second-order valence-corrected chi connectivity index (χ2v) is 6.14. The van der Waals surface area contributed by atoms with E-state index >= 15 is 0 Å². The molecule has 0 aromatic heterocycles. The summed E-state index contributed by atoms with van der Waals surface area (Å²) in [5.41, 5.74) is 5.38. The van der Waals surface area contributed by atoms with Crippen LogP contribution in [0.3, 0.4) is 0 Å². The van der Waals surface area contributed by atoms with E-state index < -0.39 is 11.6 Å². The molecule has 3 nitrogen and oxygen atoms in total. The predicted octanol–water partition coefficient (Wildman–Crippen LogP) is 2.65. The van der Waals surface area contributed by atoms with Crippen LogP contribution in [0.25, 0.3) is 0 Å². The molecule has 0 aliphatic carbocycles. The van der Waals surface area contributed by atoms with Gasteiger partial charge in [-0.1, -0.05) is 32.9 Å². The SMILES string of the molecule is CC(C)(C)/C=C/C[C@H](N)C(=O)OC(C)(C)C. The summed E-state index contributed by atoms with van der Waals surface area (Å²) in [4.78, 5) is 11.5. The van der Waals surface area contributed by atoms with Crippen LogP contribution in [0.4, 0.5) is 0 Å². The fourth-order valence-corrected chi connectivity index (χ4v) is 1.04. The summed E-state index contributed by atoms with van der Waals surface area (Å²) in [5, 5.41) is 0. The van der Waals surface area contributed by atoms with Gasteiger partial charge < -0.3 is 10.5 Å². The Bertz CT molecular complexity index is 256. The number of hydrogen-bond acceptors (Lipinski definition) is 3. The third-order valence-corrected chi connectivity index (χ3v) is 1.72. The summed E-state index contributed by atoms with van der Waals surface area (Å²) in [6.07, 6.45) is 4.51. The number of ether oxygens (including phenoxy) is 1. The van der Waals surface area contributed by atoms with Gasteiger partial charge in [0.05, 0.1) is 0 Å². The van der Waals surface area contributed by atoms with Gasteiger partial charge in [0, 0.05) is 0 Å². The van der Waals surface area contributed by atoms with E-state index in [9.17, 15) is 4.79 Å². The highest BCUT2D eigenvalue weighted by atomic mass is 16.6. The van der Waals surface area contributed by atoms with E-state index in [0.717, 1.165) is 0 Å². The van der Waals surface area contributed by atoms with Crippen LogP contribution in [0, 0.1) is 5.41 Å². The topological polar surface area (TPSA) is 52.3 Å². The maximum absolute atomic E-state index is 11.5. The molecule has 0 radical (unpaired) electrons. The van der Waals surface area contributed by atoms with Crippen molar-refractivity contribution in [3.63, 3.8) is 0 Å². The van der Waals surface area contributed by atoms with Gasteiger partial charge in [0.15, 0.2) is 0 Å². The molecule has 0 saturated carbocycles. The molecule has 0 spiro atoms. The van der Waals surface area contributed by atoms with Crippen LogP contribution >= 0.6 is 0 Å². The summed E-state index contributed by atoms with van der Waals surface area (Å²) in [6, 6.07) is -0.571. The zero-order chi connectivity index (χ0) is 13.0. The van der Waals surface area contributed by atoms with Crippen molar-refractivity contribution in [3.8, 4) is 0 Å². The van der Waals surface area contributed by atoms with Crippen molar-refractivity contribution in [2.75, 3.05) is 0 Å². The highest BCUT2D eigenvalue weighted by molar-refractivity contribution is 5.76. The molecule has 0 aromatic carbocycles. The predicted molar refractivity (Wildman–Crippen MR) is 67.0 cm³/mol. The molecule has 0 aliphatic heterocycles. The maximum Gasteiger partial charge on any atom is 0.323 e. The Morgan fingerprint density at radius 1 is 1.25 bits per heavy atom. The summed E-state index contributed by atoms with van der Waals surface area (Å²) < 4.78 is 5.18. The van der Waals surface area contributed by atoms with Gasteiger partial charge >= 0.3 is 5.97 Å². The molecule has 1 atom stereocenters. The fourth-order valence-electron chi connectivity index (χ4n) is 1.04. The zero-order valence-electron chi connectivity index (χ0n) is 11.3. The third-order valence-electron chi connectivity index (χ3n) is 1.72. The van der Waals surface area contributed by atoms with Gasteiger partial charge in [-0.15, -0.1) is 0 Å². The molecule has 94 valence electrons. The molecular weight excluding hydrogens is 202 g/mol. The zero-order valence-corrected chi connectivity index (χ0v) is 11.3. The molecule has 0 heterocycles. The lowest BCUT2D eigenvalue weighted by Crippen LogP contribution is -2.37. The van der Waals surface area contributed by atoms with Crippen molar-refractivity contribution in [1.82, 2.24) is 0 Å². The second-order valence-electron chi connectivity index (χ2n) is 6.14. The van der Waals surface area contributed by atoms with Crippen LogP contribution in [0.2, 0.25) is 0 Å². The first kappa shape index (κ1) is 15.2. The molecule has 16 heavy (non-hydrogen) atoms. The Balaban J connectivity index is 4.13. The molecule has 0 saturated heterocycles. The van der Waals surface area contributed by atoms with Crippen LogP contribution in [0.1, 0.15) is 48.0 Å². The van der Waals surface area contributed by atoms with Gasteiger partial charge in [-0.2, -0.15) is 0 Å². The van der Waals surface area contributed by atoms with Crippen molar-refractivity contribution in [3.05, 3.63) is 12.2 Å². The quantitative estimate of drug-likeness (QED) is 0.595. The fraction of sp³-hybridized carbons (Fsp3) is 0.769. The van der Waals surface area contributed by atoms with E-state index in [-0.39, 0.29) is 11.4 Å². The second kappa shape index (κ2) is 5.48. The van der Waals surface area contributed by atoms with E-state index in [4.69, 9.17) is 10.5 Å². The molecule has 0 amide bonds. The highest BCUT2D eigenvalue weighted by Gasteiger charge is 2.21. The van der Waals surface area contributed by atoms with E-state index in [1.165, 1.54) is 0 Å². The van der Waals surface area contributed by atoms with Crippen molar-refractivity contribution in [2.24, 2.45) is 11.1 Å². The molecule has 0 aliphatic rings. The molecule has 0 rings (SSSR count). The number of carbonyl (C=O) groups excluding carboxylic acids is 1. The maximum atomic E-state index is 11.5. The van der Waals surface area contributed by atoms with Crippen LogP contribution in [0.15, 0.2) is 12.2 Å². The van der Waals surface area contributed by atoms with E-state index in [1.807, 2.05) is 26.8 Å². The Hall–Kier alpha value is -0.830. The van der Waals surface area contributed by atoms with Crippen LogP contribution < -0.4 is 5.73 Å². The van der Waals surface area contributed by atoms with Gasteiger partial charge in [-0.05, 0) is 32.6 Å². The molecular formula is C13H25NO2. The van der Waals surface area contributed by atoms with Crippen molar-refractivity contribution < 1.29 is 9.53 Å². The largest absolute Gasteiger partial charge is 0.459 e. The van der Waals surface area contributed by atoms with Crippen LogP contribution in [-0.2, 0) is 9.53 Å². The number of nitrogens with two attached hydrogens (primary N) is 1. The summed E-state index contributed by atoms with van der Waals surface area (Å²) in [5.74, 6) is -0.342. The van der Waals surface area contributed by atoms with E-state index in [0.29, 0.717) is 6.42 Å². The first-order valence-corrected chi connectivity index (χ1v) is 5.67. The number of allylic oxidation sites excluding steroid dienone is 1.